The van der Waals surface area contributed by atoms with Crippen LogP contribution in [0.25, 0.3) is 0 Å². The van der Waals surface area contributed by atoms with Crippen molar-refractivity contribution in [1.82, 2.24) is 10.2 Å². The molecular formula is C16H18N4O3S. The lowest BCUT2D eigenvalue weighted by Gasteiger charge is -2.20. The molecule has 0 bridgehead atoms. The van der Waals surface area contributed by atoms with Gasteiger partial charge in [-0.3, -0.25) is 9.59 Å². The minimum atomic E-state index is -0.424. The van der Waals surface area contributed by atoms with E-state index in [1.807, 2.05) is 32.0 Å². The largest absolute Gasteiger partial charge is 0.495 e. The minimum Gasteiger partial charge on any atom is -0.495 e. The van der Waals surface area contributed by atoms with Gasteiger partial charge in [0.2, 0.25) is 16.9 Å². The van der Waals surface area contributed by atoms with Crippen LogP contribution in [0.5, 0.6) is 5.75 Å². The number of nitrogens with zero attached hydrogens (tertiary/aromatic N) is 3. The van der Waals surface area contributed by atoms with E-state index in [0.29, 0.717) is 23.1 Å². The summed E-state index contributed by atoms with van der Waals surface area (Å²) in [5.74, 6) is -0.109. The van der Waals surface area contributed by atoms with E-state index in [9.17, 15) is 9.59 Å². The van der Waals surface area contributed by atoms with Crippen molar-refractivity contribution < 1.29 is 14.3 Å². The van der Waals surface area contributed by atoms with Gasteiger partial charge in [0.25, 0.3) is 0 Å². The quantitative estimate of drug-likeness (QED) is 0.917. The summed E-state index contributed by atoms with van der Waals surface area (Å²) >= 11 is 1.31. The number of hydrogen-bond donors (Lipinski definition) is 1. The van der Waals surface area contributed by atoms with E-state index in [-0.39, 0.29) is 18.2 Å². The van der Waals surface area contributed by atoms with Crippen molar-refractivity contribution in [2.75, 3.05) is 23.9 Å². The fourth-order valence-electron chi connectivity index (χ4n) is 2.68. The fraction of sp³-hybridized carbons (Fsp3) is 0.375. The molecule has 2 aromatic rings. The van der Waals surface area contributed by atoms with Crippen LogP contribution < -0.4 is 15.0 Å². The molecule has 2 heterocycles. The lowest BCUT2D eigenvalue weighted by Crippen LogP contribution is -2.28. The number of carbonyl (C=O) groups excluding carboxylic acids is 2. The van der Waals surface area contributed by atoms with Crippen LogP contribution in [0.2, 0.25) is 0 Å². The van der Waals surface area contributed by atoms with Crippen LogP contribution in [0, 0.1) is 19.8 Å². The van der Waals surface area contributed by atoms with Gasteiger partial charge in [-0.05, 0) is 31.5 Å². The third-order valence-corrected chi connectivity index (χ3v) is 4.63. The Hall–Kier alpha value is -2.48. The second-order valence-electron chi connectivity index (χ2n) is 5.70. The highest BCUT2D eigenvalue weighted by Crippen LogP contribution is 2.34. The molecule has 1 saturated heterocycles. The SMILES string of the molecule is COc1ccc(C)cc1N1CC(C(=O)Nc2nnc(C)s2)CC1=O. The lowest BCUT2D eigenvalue weighted by atomic mass is 10.1. The van der Waals surface area contributed by atoms with Crippen LogP contribution in [0.1, 0.15) is 17.0 Å². The van der Waals surface area contributed by atoms with Crippen molar-refractivity contribution in [1.29, 1.82) is 0 Å². The minimum absolute atomic E-state index is 0.0903. The lowest BCUT2D eigenvalue weighted by molar-refractivity contribution is -0.122. The number of aromatic nitrogens is 2. The number of hydrogen-bond acceptors (Lipinski definition) is 6. The Morgan fingerprint density at radius 1 is 1.38 bits per heavy atom. The van der Waals surface area contributed by atoms with Crippen LogP contribution in [-0.4, -0.2) is 35.7 Å². The van der Waals surface area contributed by atoms with Gasteiger partial charge in [-0.1, -0.05) is 17.4 Å². The van der Waals surface area contributed by atoms with E-state index in [4.69, 9.17) is 4.74 Å². The van der Waals surface area contributed by atoms with Crippen molar-refractivity contribution in [2.45, 2.75) is 20.3 Å². The number of benzene rings is 1. The van der Waals surface area contributed by atoms with Crippen molar-refractivity contribution in [3.05, 3.63) is 28.8 Å². The maximum atomic E-state index is 12.4. The van der Waals surface area contributed by atoms with E-state index in [0.717, 1.165) is 10.6 Å². The number of aryl methyl sites for hydroxylation is 2. The number of anilines is 2. The predicted octanol–water partition coefficient (Wildman–Crippen LogP) is 2.16. The monoisotopic (exact) mass is 346 g/mol. The highest BCUT2D eigenvalue weighted by atomic mass is 32.1. The summed E-state index contributed by atoms with van der Waals surface area (Å²) in [5.41, 5.74) is 1.72. The second kappa shape index (κ2) is 6.56. The van der Waals surface area contributed by atoms with Gasteiger partial charge in [-0.2, -0.15) is 0 Å². The molecule has 3 rings (SSSR count). The summed E-state index contributed by atoms with van der Waals surface area (Å²) in [6, 6.07) is 5.64. The van der Waals surface area contributed by atoms with E-state index in [2.05, 4.69) is 15.5 Å². The van der Waals surface area contributed by atoms with Crippen LogP contribution in [0.15, 0.2) is 18.2 Å². The Bertz CT molecular complexity index is 789. The van der Waals surface area contributed by atoms with E-state index in [1.165, 1.54) is 11.3 Å². The van der Waals surface area contributed by atoms with Crippen LogP contribution in [-0.2, 0) is 9.59 Å². The van der Waals surface area contributed by atoms with E-state index < -0.39 is 5.92 Å². The highest BCUT2D eigenvalue weighted by Gasteiger charge is 2.36. The molecule has 0 radical (unpaired) electrons. The summed E-state index contributed by atoms with van der Waals surface area (Å²) < 4.78 is 5.34. The molecule has 7 nitrogen and oxygen atoms in total. The summed E-state index contributed by atoms with van der Waals surface area (Å²) in [6.07, 6.45) is 0.167. The molecule has 2 amide bonds. The van der Waals surface area contributed by atoms with Crippen molar-refractivity contribution in [3.63, 3.8) is 0 Å². The Balaban J connectivity index is 1.76. The van der Waals surface area contributed by atoms with Gasteiger partial charge in [0.15, 0.2) is 0 Å². The molecule has 0 saturated carbocycles. The second-order valence-corrected chi connectivity index (χ2v) is 6.88. The standard InChI is InChI=1S/C16H18N4O3S/c1-9-4-5-13(23-3)12(6-9)20-8-11(7-14(20)21)15(22)17-16-19-18-10(2)24-16/h4-6,11H,7-8H2,1-3H3,(H,17,19,22). The average Bonchev–Trinajstić information content (AvgIpc) is 3.13. The zero-order valence-corrected chi connectivity index (χ0v) is 14.5. The molecule has 1 fully saturated rings. The van der Waals surface area contributed by atoms with Crippen LogP contribution in [0.3, 0.4) is 0 Å². The average molecular weight is 346 g/mol. The molecule has 1 unspecified atom stereocenters. The molecule has 126 valence electrons. The Morgan fingerprint density at radius 2 is 2.17 bits per heavy atom. The first kappa shape index (κ1) is 16.4. The molecule has 0 aliphatic carbocycles. The first-order valence-electron chi connectivity index (χ1n) is 7.54. The fourth-order valence-corrected chi connectivity index (χ4v) is 3.28. The predicted molar refractivity (Wildman–Crippen MR) is 91.5 cm³/mol. The zero-order valence-electron chi connectivity index (χ0n) is 13.7. The molecule has 1 aromatic carbocycles. The van der Waals surface area contributed by atoms with E-state index in [1.54, 1.807) is 12.0 Å². The first-order valence-corrected chi connectivity index (χ1v) is 8.35. The molecule has 1 atom stereocenters. The number of rotatable bonds is 4. The molecule has 24 heavy (non-hydrogen) atoms. The van der Waals surface area contributed by atoms with Gasteiger partial charge in [-0.25, -0.2) is 0 Å². The highest BCUT2D eigenvalue weighted by molar-refractivity contribution is 7.15. The van der Waals surface area contributed by atoms with Gasteiger partial charge in [-0.15, -0.1) is 10.2 Å². The van der Waals surface area contributed by atoms with Gasteiger partial charge in [0, 0.05) is 13.0 Å². The molecular weight excluding hydrogens is 328 g/mol. The van der Waals surface area contributed by atoms with E-state index >= 15 is 0 Å². The van der Waals surface area contributed by atoms with Gasteiger partial charge < -0.3 is 15.0 Å². The van der Waals surface area contributed by atoms with Crippen molar-refractivity contribution >= 4 is 34.0 Å². The molecule has 8 heteroatoms. The normalized spacial score (nSPS) is 17.2. The number of amides is 2. The Kier molecular flexibility index (Phi) is 4.48. The number of ether oxygens (including phenoxy) is 1. The Labute approximate surface area is 143 Å². The molecule has 0 spiro atoms. The topological polar surface area (TPSA) is 84.4 Å². The molecule has 1 aliphatic heterocycles. The summed E-state index contributed by atoms with van der Waals surface area (Å²) in [5, 5.41) is 11.7. The number of carbonyl (C=O) groups is 2. The maximum absolute atomic E-state index is 12.4. The molecule has 1 aromatic heterocycles. The zero-order chi connectivity index (χ0) is 17.3. The summed E-state index contributed by atoms with van der Waals surface area (Å²) in [6.45, 7) is 4.09. The third kappa shape index (κ3) is 3.23. The maximum Gasteiger partial charge on any atom is 0.231 e. The third-order valence-electron chi connectivity index (χ3n) is 3.88. The number of methoxy groups -OCH3 is 1. The summed E-state index contributed by atoms with van der Waals surface area (Å²) in [7, 11) is 1.57. The first-order chi connectivity index (χ1) is 11.5. The molecule has 1 N–H and O–H groups in total. The number of nitrogens with one attached hydrogen (secondary N) is 1. The Morgan fingerprint density at radius 3 is 2.83 bits per heavy atom. The van der Waals surface area contributed by atoms with Crippen LogP contribution >= 0.6 is 11.3 Å². The van der Waals surface area contributed by atoms with Crippen molar-refractivity contribution in [2.24, 2.45) is 5.92 Å². The van der Waals surface area contributed by atoms with Gasteiger partial charge >= 0.3 is 0 Å². The summed E-state index contributed by atoms with van der Waals surface area (Å²) in [4.78, 5) is 26.4. The molecule has 1 aliphatic rings. The smallest absolute Gasteiger partial charge is 0.231 e. The van der Waals surface area contributed by atoms with Crippen molar-refractivity contribution in [3.8, 4) is 5.75 Å². The van der Waals surface area contributed by atoms with Gasteiger partial charge in [0.1, 0.15) is 10.8 Å². The van der Waals surface area contributed by atoms with Crippen LogP contribution in [0.4, 0.5) is 10.8 Å². The van der Waals surface area contributed by atoms with Gasteiger partial charge in [0.05, 0.1) is 18.7 Å².